The Bertz CT molecular complexity index is 943. The van der Waals surface area contributed by atoms with Crippen LogP contribution in [0.5, 0.6) is 0 Å². The molecule has 1 fully saturated rings. The summed E-state index contributed by atoms with van der Waals surface area (Å²) in [7, 11) is 0. The van der Waals surface area contributed by atoms with Gasteiger partial charge in [-0.1, -0.05) is 54.2 Å². The zero-order valence-corrected chi connectivity index (χ0v) is 14.8. The number of nitro benzene ring substituents is 1. The molecule has 136 valence electrons. The first-order valence-electron chi connectivity index (χ1n) is 7.94. The zero-order chi connectivity index (χ0) is 19.2. The predicted molar refractivity (Wildman–Crippen MR) is 103 cm³/mol. The summed E-state index contributed by atoms with van der Waals surface area (Å²) in [4.78, 5) is 34.5. The first-order valence-corrected chi connectivity index (χ1v) is 8.82. The summed E-state index contributed by atoms with van der Waals surface area (Å²) in [5.74, 6) is -0.418. The third-order valence-corrected chi connectivity index (χ3v) is 4.75. The van der Waals surface area contributed by atoms with Gasteiger partial charge in [0.05, 0.1) is 16.4 Å². The zero-order valence-electron chi connectivity index (χ0n) is 13.9. The number of ketones is 1. The Hall–Kier alpha value is -3.33. The van der Waals surface area contributed by atoms with Crippen LogP contribution in [0.25, 0.3) is 0 Å². The lowest BCUT2D eigenvalue weighted by Crippen LogP contribution is -2.26. The molecule has 0 aromatic heterocycles. The van der Waals surface area contributed by atoms with Crippen LogP contribution in [0.1, 0.15) is 22.3 Å². The van der Waals surface area contributed by atoms with E-state index in [4.69, 9.17) is 0 Å². The summed E-state index contributed by atoms with van der Waals surface area (Å²) in [5.41, 5.74) is 1.02. The van der Waals surface area contributed by atoms with Gasteiger partial charge in [-0.25, -0.2) is 0 Å². The molecule has 2 aromatic rings. The molecule has 27 heavy (non-hydrogen) atoms. The van der Waals surface area contributed by atoms with Crippen LogP contribution in [0.3, 0.4) is 0 Å². The molecule has 3 rings (SSSR count). The van der Waals surface area contributed by atoms with E-state index in [1.54, 1.807) is 36.4 Å². The van der Waals surface area contributed by atoms with Crippen LogP contribution in [0.4, 0.5) is 5.69 Å². The Morgan fingerprint density at radius 1 is 1.22 bits per heavy atom. The van der Waals surface area contributed by atoms with Gasteiger partial charge in [-0.15, -0.1) is 5.10 Å². The Balaban J connectivity index is 1.62. The van der Waals surface area contributed by atoms with Crippen LogP contribution in [0, 0.1) is 10.1 Å². The molecule has 0 spiro atoms. The highest BCUT2D eigenvalue weighted by Gasteiger charge is 2.32. The summed E-state index contributed by atoms with van der Waals surface area (Å²) in [6.45, 7) is 0. The van der Waals surface area contributed by atoms with Gasteiger partial charge >= 0.3 is 0 Å². The molecule has 1 amide bonds. The third kappa shape index (κ3) is 4.85. The molecule has 0 unspecified atom stereocenters. The van der Waals surface area contributed by atoms with E-state index in [1.807, 2.05) is 6.07 Å². The second-order valence-electron chi connectivity index (χ2n) is 5.59. The third-order valence-electron chi connectivity index (χ3n) is 3.68. The van der Waals surface area contributed by atoms with Gasteiger partial charge in [0.1, 0.15) is 0 Å². The Morgan fingerprint density at radius 2 is 2.00 bits per heavy atom. The summed E-state index contributed by atoms with van der Waals surface area (Å²) < 4.78 is 0. The van der Waals surface area contributed by atoms with Gasteiger partial charge in [0.25, 0.3) is 5.69 Å². The highest BCUT2D eigenvalue weighted by atomic mass is 32.2. The molecule has 2 aromatic carbocycles. The number of carbonyl (C=O) groups is 2. The van der Waals surface area contributed by atoms with Gasteiger partial charge < -0.3 is 5.32 Å². The fourth-order valence-corrected chi connectivity index (χ4v) is 3.29. The van der Waals surface area contributed by atoms with Crippen molar-refractivity contribution in [2.24, 2.45) is 10.2 Å². The summed E-state index contributed by atoms with van der Waals surface area (Å²) >= 11 is 1.13. The maximum absolute atomic E-state index is 12.2. The molecule has 1 aliphatic rings. The summed E-state index contributed by atoms with van der Waals surface area (Å²) in [6, 6.07) is 14.7. The van der Waals surface area contributed by atoms with Crippen molar-refractivity contribution >= 4 is 40.5 Å². The van der Waals surface area contributed by atoms with Crippen LogP contribution in [-0.4, -0.2) is 33.2 Å². The summed E-state index contributed by atoms with van der Waals surface area (Å²) in [6.07, 6.45) is 1.42. The minimum Gasteiger partial charge on any atom is -0.303 e. The van der Waals surface area contributed by atoms with Crippen molar-refractivity contribution in [1.29, 1.82) is 0 Å². The number of hydrogen-bond acceptors (Lipinski definition) is 7. The quantitative estimate of drug-likeness (QED) is 0.357. The molecular formula is C18H14N4O4S. The number of nitrogens with one attached hydrogen (secondary N) is 1. The molecule has 8 nitrogen and oxygen atoms in total. The van der Waals surface area contributed by atoms with E-state index in [1.165, 1.54) is 18.3 Å². The number of non-ortho nitro benzene ring substituents is 1. The maximum atomic E-state index is 12.2. The van der Waals surface area contributed by atoms with Crippen molar-refractivity contribution in [3.8, 4) is 0 Å². The number of hydrogen-bond donors (Lipinski definition) is 1. The van der Waals surface area contributed by atoms with Gasteiger partial charge in [0, 0.05) is 29.7 Å². The number of carbonyl (C=O) groups excluding carboxylic acids is 2. The lowest BCUT2D eigenvalue weighted by atomic mass is 10.1. The minimum absolute atomic E-state index is 0.0466. The highest BCUT2D eigenvalue weighted by Crippen LogP contribution is 2.24. The van der Waals surface area contributed by atoms with E-state index in [2.05, 4.69) is 15.5 Å². The van der Waals surface area contributed by atoms with Crippen LogP contribution < -0.4 is 5.32 Å². The molecule has 0 radical (unpaired) electrons. The molecular weight excluding hydrogens is 368 g/mol. The number of rotatable bonds is 6. The normalized spacial score (nSPS) is 18.0. The molecule has 0 aliphatic carbocycles. The first-order chi connectivity index (χ1) is 13.0. The Labute approximate surface area is 158 Å². The van der Waals surface area contributed by atoms with Gasteiger partial charge in [0.2, 0.25) is 5.91 Å². The predicted octanol–water partition coefficient (Wildman–Crippen LogP) is 2.79. The van der Waals surface area contributed by atoms with E-state index in [0.29, 0.717) is 11.1 Å². The standard InChI is InChI=1S/C18H14N4O4S/c23-15(13-6-2-1-3-7-13)10-16-17(24)20-18(27-16)21-19-11-12-5-4-8-14(9-12)22(25)26/h1-9,11,16H,10H2,(H,20,21,24)/b19-11-/t16-/m1/s1. The first kappa shape index (κ1) is 18.5. The second-order valence-corrected chi connectivity index (χ2v) is 6.78. The summed E-state index contributed by atoms with van der Waals surface area (Å²) in [5, 5.41) is 20.8. The minimum atomic E-state index is -0.565. The fraction of sp³-hybridized carbons (Fsp3) is 0.111. The lowest BCUT2D eigenvalue weighted by Gasteiger charge is -2.04. The van der Waals surface area contributed by atoms with E-state index in [9.17, 15) is 19.7 Å². The van der Waals surface area contributed by atoms with Crippen LogP contribution in [0.2, 0.25) is 0 Å². The van der Waals surface area contributed by atoms with E-state index in [0.717, 1.165) is 11.8 Å². The van der Waals surface area contributed by atoms with Crippen molar-refractivity contribution in [3.05, 3.63) is 75.8 Å². The Morgan fingerprint density at radius 3 is 2.74 bits per heavy atom. The average Bonchev–Trinajstić information content (AvgIpc) is 3.02. The largest absolute Gasteiger partial charge is 0.303 e. The highest BCUT2D eigenvalue weighted by molar-refractivity contribution is 8.15. The van der Waals surface area contributed by atoms with Gasteiger partial charge in [-0.3, -0.25) is 19.7 Å². The second kappa shape index (κ2) is 8.37. The number of Topliss-reactive ketones (excluding diaryl/α,β-unsaturated/α-hetero) is 1. The number of nitro groups is 1. The topological polar surface area (TPSA) is 114 Å². The van der Waals surface area contributed by atoms with Crippen molar-refractivity contribution in [2.75, 3.05) is 0 Å². The molecule has 1 atom stereocenters. The van der Waals surface area contributed by atoms with E-state index < -0.39 is 10.2 Å². The molecule has 1 aliphatic heterocycles. The molecule has 9 heteroatoms. The monoisotopic (exact) mass is 382 g/mol. The molecule has 1 heterocycles. The van der Waals surface area contributed by atoms with Gasteiger partial charge in [-0.05, 0) is 0 Å². The lowest BCUT2D eigenvalue weighted by molar-refractivity contribution is -0.384. The van der Waals surface area contributed by atoms with Gasteiger partial charge in [0.15, 0.2) is 11.0 Å². The van der Waals surface area contributed by atoms with Crippen molar-refractivity contribution in [1.82, 2.24) is 5.32 Å². The number of thioether (sulfide) groups is 1. The van der Waals surface area contributed by atoms with Crippen molar-refractivity contribution in [3.63, 3.8) is 0 Å². The Kier molecular flexibility index (Phi) is 5.72. The molecule has 0 saturated carbocycles. The van der Waals surface area contributed by atoms with E-state index in [-0.39, 0.29) is 29.0 Å². The molecule has 1 saturated heterocycles. The fourth-order valence-electron chi connectivity index (χ4n) is 2.36. The number of amidine groups is 1. The number of benzene rings is 2. The number of amides is 1. The van der Waals surface area contributed by atoms with Crippen molar-refractivity contribution in [2.45, 2.75) is 11.7 Å². The van der Waals surface area contributed by atoms with Crippen LogP contribution in [0.15, 0.2) is 64.8 Å². The number of nitrogens with zero attached hydrogens (tertiary/aromatic N) is 3. The van der Waals surface area contributed by atoms with Gasteiger partial charge in [-0.2, -0.15) is 5.10 Å². The van der Waals surface area contributed by atoms with Crippen LogP contribution in [-0.2, 0) is 4.79 Å². The maximum Gasteiger partial charge on any atom is 0.270 e. The SMILES string of the molecule is O=C(C[C@H]1S/C(=N/N=C\c2cccc([N+](=O)[O-])c2)NC1=O)c1ccccc1. The molecule has 0 bridgehead atoms. The van der Waals surface area contributed by atoms with Crippen LogP contribution >= 0.6 is 11.8 Å². The van der Waals surface area contributed by atoms with Crippen molar-refractivity contribution < 1.29 is 14.5 Å². The molecule has 1 N–H and O–H groups in total. The van der Waals surface area contributed by atoms with E-state index >= 15 is 0 Å². The smallest absolute Gasteiger partial charge is 0.270 e. The average molecular weight is 382 g/mol.